The van der Waals surface area contributed by atoms with Crippen LogP contribution in [-0.2, 0) is 4.79 Å². The summed E-state index contributed by atoms with van der Waals surface area (Å²) in [6.45, 7) is 1.27. The molecule has 2 aliphatic heterocycles. The van der Waals surface area contributed by atoms with Crippen molar-refractivity contribution in [3.05, 3.63) is 42.1 Å². The zero-order valence-electron chi connectivity index (χ0n) is 14.8. The minimum Gasteiger partial charge on any atom is -0.352 e. The summed E-state index contributed by atoms with van der Waals surface area (Å²) in [6, 6.07) is 9.65. The number of carbonyl (C=O) groups is 2. The summed E-state index contributed by atoms with van der Waals surface area (Å²) in [4.78, 5) is 33.4. The van der Waals surface area contributed by atoms with E-state index in [-0.39, 0.29) is 24.5 Å². The van der Waals surface area contributed by atoms with E-state index in [4.69, 9.17) is 0 Å². The van der Waals surface area contributed by atoms with Gasteiger partial charge in [0.25, 0.3) is 0 Å². The topological polar surface area (TPSA) is 82.8 Å². The molecule has 8 heteroatoms. The summed E-state index contributed by atoms with van der Waals surface area (Å²) in [5, 5.41) is 7.47. The van der Waals surface area contributed by atoms with Crippen LogP contribution in [0.1, 0.15) is 24.8 Å². The van der Waals surface area contributed by atoms with E-state index in [9.17, 15) is 9.59 Å². The summed E-state index contributed by atoms with van der Waals surface area (Å²) in [6.07, 6.45) is 4.57. The first-order chi connectivity index (χ1) is 13.2. The van der Waals surface area contributed by atoms with Crippen LogP contribution in [0.3, 0.4) is 0 Å². The zero-order chi connectivity index (χ0) is 18.4. The lowest BCUT2D eigenvalue weighted by molar-refractivity contribution is -0.119. The highest BCUT2D eigenvalue weighted by Crippen LogP contribution is 2.32. The number of carbonyl (C=O) groups excluding carboxylic acids is 2. The fourth-order valence-electron chi connectivity index (χ4n) is 3.56. The van der Waals surface area contributed by atoms with Gasteiger partial charge in [-0.3, -0.25) is 19.6 Å². The summed E-state index contributed by atoms with van der Waals surface area (Å²) in [7, 11) is 0. The van der Waals surface area contributed by atoms with Gasteiger partial charge in [0, 0.05) is 19.1 Å². The summed E-state index contributed by atoms with van der Waals surface area (Å²) < 4.78 is 1.71. The molecule has 1 aromatic heterocycles. The number of urea groups is 1. The van der Waals surface area contributed by atoms with Gasteiger partial charge >= 0.3 is 6.03 Å². The molecule has 0 radical (unpaired) electrons. The minimum atomic E-state index is -0.218. The van der Waals surface area contributed by atoms with Crippen molar-refractivity contribution >= 4 is 23.6 Å². The fraction of sp³-hybridized carbons (Fsp3) is 0.368. The Kier molecular flexibility index (Phi) is 3.70. The number of hydrogen-bond acceptors (Lipinski definition) is 4. The van der Waals surface area contributed by atoms with E-state index < -0.39 is 0 Å². The molecule has 1 saturated carbocycles. The van der Waals surface area contributed by atoms with Crippen LogP contribution >= 0.6 is 0 Å². The highest BCUT2D eigenvalue weighted by molar-refractivity contribution is 6.19. The molecule has 1 aliphatic carbocycles. The van der Waals surface area contributed by atoms with Gasteiger partial charge in [0.2, 0.25) is 5.91 Å². The smallest absolute Gasteiger partial charge is 0.331 e. The first kappa shape index (κ1) is 16.0. The third-order valence-electron chi connectivity index (χ3n) is 5.00. The van der Waals surface area contributed by atoms with Gasteiger partial charge in [0.1, 0.15) is 12.4 Å². The van der Waals surface area contributed by atoms with Gasteiger partial charge in [-0.15, -0.1) is 0 Å². The third-order valence-corrected chi connectivity index (χ3v) is 5.00. The van der Waals surface area contributed by atoms with Gasteiger partial charge < -0.3 is 5.32 Å². The molecule has 2 aromatic rings. The number of nitrogens with zero attached hydrogens (tertiary/aromatic N) is 5. The van der Waals surface area contributed by atoms with Crippen LogP contribution in [0, 0.1) is 0 Å². The standard InChI is InChI=1S/C19H20N6O2/c26-16(22-13-7-8-13)12-24-18-15(17-20-9-4-10-23(17)19(24)27)11-21-25(18)14-5-2-1-3-6-14/h1-3,5-6,11,13H,4,7-10,12H2,(H,22,26). The Morgan fingerprint density at radius 1 is 1.22 bits per heavy atom. The highest BCUT2D eigenvalue weighted by Gasteiger charge is 2.40. The molecule has 0 saturated heterocycles. The SMILES string of the molecule is O=C(CN1C(=O)N2CCCN=C2c2cnn(-c3ccccc3)c21)NC1CC1. The Morgan fingerprint density at radius 2 is 2.04 bits per heavy atom. The number of fused-ring (bicyclic) bond motifs is 3. The molecular formula is C19H20N6O2. The van der Waals surface area contributed by atoms with E-state index in [0.29, 0.717) is 24.7 Å². The van der Waals surface area contributed by atoms with Gasteiger partial charge in [0.15, 0.2) is 5.82 Å². The first-order valence-corrected chi connectivity index (χ1v) is 9.29. The molecule has 0 unspecified atom stereocenters. The van der Waals surface area contributed by atoms with Gasteiger partial charge in [-0.1, -0.05) is 18.2 Å². The number of amidine groups is 1. The van der Waals surface area contributed by atoms with Crippen molar-refractivity contribution in [1.82, 2.24) is 20.0 Å². The molecule has 1 N–H and O–H groups in total. The Morgan fingerprint density at radius 3 is 2.81 bits per heavy atom. The van der Waals surface area contributed by atoms with Crippen molar-refractivity contribution in [2.24, 2.45) is 4.99 Å². The molecule has 5 rings (SSSR count). The molecule has 27 heavy (non-hydrogen) atoms. The van der Waals surface area contributed by atoms with Gasteiger partial charge in [-0.25, -0.2) is 9.48 Å². The Hall–Kier alpha value is -3.16. The average Bonchev–Trinajstić information content (AvgIpc) is 3.40. The largest absolute Gasteiger partial charge is 0.352 e. The second-order valence-electron chi connectivity index (χ2n) is 7.05. The predicted molar refractivity (Wildman–Crippen MR) is 100 cm³/mol. The van der Waals surface area contributed by atoms with E-state index in [1.807, 2.05) is 30.3 Å². The van der Waals surface area contributed by atoms with E-state index in [2.05, 4.69) is 15.4 Å². The quantitative estimate of drug-likeness (QED) is 0.893. The lowest BCUT2D eigenvalue weighted by Crippen LogP contribution is -2.55. The van der Waals surface area contributed by atoms with E-state index in [1.54, 1.807) is 15.8 Å². The van der Waals surface area contributed by atoms with Crippen LogP contribution in [0.5, 0.6) is 0 Å². The maximum Gasteiger partial charge on any atom is 0.331 e. The maximum atomic E-state index is 13.2. The van der Waals surface area contributed by atoms with Crippen LogP contribution in [0.25, 0.3) is 5.69 Å². The Bertz CT molecular complexity index is 931. The van der Waals surface area contributed by atoms with E-state index in [0.717, 1.165) is 30.5 Å². The molecule has 1 aromatic carbocycles. The number of nitrogens with one attached hydrogen (secondary N) is 1. The number of aliphatic imine (C=N–C) groups is 1. The van der Waals surface area contributed by atoms with Crippen LogP contribution < -0.4 is 10.2 Å². The number of amides is 3. The zero-order valence-corrected chi connectivity index (χ0v) is 14.8. The van der Waals surface area contributed by atoms with Crippen molar-refractivity contribution in [2.45, 2.75) is 25.3 Å². The number of aromatic nitrogens is 2. The van der Waals surface area contributed by atoms with Gasteiger partial charge in [-0.2, -0.15) is 5.10 Å². The average molecular weight is 364 g/mol. The normalized spacial score (nSPS) is 18.7. The van der Waals surface area contributed by atoms with E-state index in [1.165, 1.54) is 4.90 Å². The molecule has 0 spiro atoms. The van der Waals surface area contributed by atoms with Crippen molar-refractivity contribution in [3.63, 3.8) is 0 Å². The molecule has 3 amide bonds. The van der Waals surface area contributed by atoms with Gasteiger partial charge in [0.05, 0.1) is 17.4 Å². The fourth-order valence-corrected chi connectivity index (χ4v) is 3.56. The summed E-state index contributed by atoms with van der Waals surface area (Å²) in [5.41, 5.74) is 1.63. The number of rotatable bonds is 4. The molecule has 138 valence electrons. The Balaban J connectivity index is 1.59. The maximum absolute atomic E-state index is 13.2. The monoisotopic (exact) mass is 364 g/mol. The third kappa shape index (κ3) is 2.77. The lowest BCUT2D eigenvalue weighted by Gasteiger charge is -2.37. The first-order valence-electron chi connectivity index (χ1n) is 9.29. The van der Waals surface area contributed by atoms with Crippen molar-refractivity contribution in [3.8, 4) is 5.69 Å². The predicted octanol–water partition coefficient (Wildman–Crippen LogP) is 1.54. The molecule has 0 atom stereocenters. The molecule has 0 bridgehead atoms. The summed E-state index contributed by atoms with van der Waals surface area (Å²) in [5.74, 6) is 1.12. The molecule has 8 nitrogen and oxygen atoms in total. The molecule has 3 aliphatic rings. The van der Waals surface area contributed by atoms with Crippen molar-refractivity contribution in [2.75, 3.05) is 24.5 Å². The van der Waals surface area contributed by atoms with Gasteiger partial charge in [-0.05, 0) is 31.4 Å². The molecule has 3 heterocycles. The van der Waals surface area contributed by atoms with Crippen molar-refractivity contribution < 1.29 is 9.59 Å². The lowest BCUT2D eigenvalue weighted by atomic mass is 10.1. The number of para-hydroxylation sites is 1. The summed E-state index contributed by atoms with van der Waals surface area (Å²) >= 11 is 0. The molecular weight excluding hydrogens is 344 g/mol. The minimum absolute atomic E-state index is 0.0232. The van der Waals surface area contributed by atoms with Crippen molar-refractivity contribution in [1.29, 1.82) is 0 Å². The number of benzene rings is 1. The molecule has 1 fully saturated rings. The van der Waals surface area contributed by atoms with Crippen LogP contribution in [0.2, 0.25) is 0 Å². The highest BCUT2D eigenvalue weighted by atomic mass is 16.2. The van der Waals surface area contributed by atoms with Crippen LogP contribution in [-0.4, -0.2) is 58.1 Å². The van der Waals surface area contributed by atoms with E-state index >= 15 is 0 Å². The van der Waals surface area contributed by atoms with Crippen LogP contribution in [0.4, 0.5) is 10.6 Å². The second kappa shape index (κ2) is 6.22. The Labute approximate surface area is 156 Å². The number of anilines is 1. The second-order valence-corrected chi connectivity index (χ2v) is 7.05. The number of hydrogen-bond donors (Lipinski definition) is 1. The van der Waals surface area contributed by atoms with Crippen LogP contribution in [0.15, 0.2) is 41.5 Å².